The van der Waals surface area contributed by atoms with E-state index < -0.39 is 11.4 Å². The maximum Gasteiger partial charge on any atom is 0.311 e. The Bertz CT molecular complexity index is 1070. The predicted molar refractivity (Wildman–Crippen MR) is 117 cm³/mol. The molecule has 158 valence electrons. The van der Waals surface area contributed by atoms with E-state index in [0.29, 0.717) is 44.6 Å². The van der Waals surface area contributed by atoms with Gasteiger partial charge in [0.2, 0.25) is 0 Å². The van der Waals surface area contributed by atoms with Gasteiger partial charge in [-0.25, -0.2) is 4.98 Å². The van der Waals surface area contributed by atoms with Crippen LogP contribution in [0.2, 0.25) is 0 Å². The van der Waals surface area contributed by atoms with Crippen LogP contribution in [-0.4, -0.2) is 44.9 Å². The smallest absolute Gasteiger partial charge is 0.311 e. The SMILES string of the molecule is O=C(c1cc2ccccc2[nH]1)N1CCc2nc(NCC3(C(=O)O)CCC3)sc2C1.[NH4+]. The Morgan fingerprint density at radius 3 is 2.80 bits per heavy atom. The van der Waals surface area contributed by atoms with Crippen LogP contribution in [0.3, 0.4) is 0 Å². The molecule has 9 heteroatoms. The molecule has 7 N–H and O–H groups in total. The van der Waals surface area contributed by atoms with Gasteiger partial charge in [-0.3, -0.25) is 9.59 Å². The average Bonchev–Trinajstić information content (AvgIpc) is 3.29. The number of carboxylic acid groups (broad SMARTS) is 1. The number of quaternary nitrogens is 1. The second-order valence-corrected chi connectivity index (χ2v) is 9.01. The zero-order valence-corrected chi connectivity index (χ0v) is 17.7. The van der Waals surface area contributed by atoms with Gasteiger partial charge in [-0.05, 0) is 25.0 Å². The van der Waals surface area contributed by atoms with E-state index in [0.717, 1.165) is 33.0 Å². The molecule has 3 aromatic rings. The summed E-state index contributed by atoms with van der Waals surface area (Å²) < 4.78 is 0. The number of H-pyrrole nitrogens is 1. The topological polar surface area (TPSA) is 135 Å². The monoisotopic (exact) mass is 428 g/mol. The summed E-state index contributed by atoms with van der Waals surface area (Å²) in [6.07, 6.45) is 3.11. The van der Waals surface area contributed by atoms with Crippen molar-refractivity contribution in [3.05, 3.63) is 46.6 Å². The zero-order chi connectivity index (χ0) is 20.0. The predicted octanol–water partition coefficient (Wildman–Crippen LogP) is 3.87. The summed E-state index contributed by atoms with van der Waals surface area (Å²) in [6, 6.07) is 9.76. The van der Waals surface area contributed by atoms with E-state index in [1.54, 1.807) is 0 Å². The summed E-state index contributed by atoms with van der Waals surface area (Å²) in [5.74, 6) is -0.735. The summed E-state index contributed by atoms with van der Waals surface area (Å²) in [5, 5.41) is 14.5. The van der Waals surface area contributed by atoms with Gasteiger partial charge in [0, 0.05) is 35.3 Å². The molecule has 8 nitrogen and oxygen atoms in total. The van der Waals surface area contributed by atoms with Gasteiger partial charge < -0.3 is 26.5 Å². The molecule has 1 aliphatic heterocycles. The number of aromatic amines is 1. The first-order valence-corrected chi connectivity index (χ1v) is 10.7. The molecule has 2 aromatic heterocycles. The summed E-state index contributed by atoms with van der Waals surface area (Å²) >= 11 is 1.52. The number of carbonyl (C=O) groups is 2. The van der Waals surface area contributed by atoms with Crippen LogP contribution in [0.5, 0.6) is 0 Å². The van der Waals surface area contributed by atoms with Crippen molar-refractivity contribution in [1.29, 1.82) is 0 Å². The Morgan fingerprint density at radius 1 is 1.30 bits per heavy atom. The molecule has 1 fully saturated rings. The van der Waals surface area contributed by atoms with Gasteiger partial charge in [0.25, 0.3) is 5.91 Å². The van der Waals surface area contributed by atoms with Crippen molar-refractivity contribution in [2.45, 2.75) is 32.2 Å². The molecule has 1 saturated carbocycles. The summed E-state index contributed by atoms with van der Waals surface area (Å²) in [6.45, 7) is 1.57. The number of thiazole rings is 1. The van der Waals surface area contributed by atoms with Crippen molar-refractivity contribution in [2.75, 3.05) is 18.4 Å². The molecule has 30 heavy (non-hydrogen) atoms. The van der Waals surface area contributed by atoms with E-state index in [1.807, 2.05) is 35.2 Å². The van der Waals surface area contributed by atoms with Crippen molar-refractivity contribution in [2.24, 2.45) is 5.41 Å². The number of carbonyl (C=O) groups excluding carboxylic acids is 1. The van der Waals surface area contributed by atoms with Gasteiger partial charge in [0.1, 0.15) is 5.69 Å². The van der Waals surface area contributed by atoms with Crippen LogP contribution in [0.15, 0.2) is 30.3 Å². The number of fused-ring (bicyclic) bond motifs is 2. The minimum atomic E-state index is -0.729. The number of nitrogens with one attached hydrogen (secondary N) is 2. The molecule has 0 spiro atoms. The fourth-order valence-electron chi connectivity index (χ4n) is 4.12. The van der Waals surface area contributed by atoms with Gasteiger partial charge >= 0.3 is 5.97 Å². The minimum Gasteiger partial charge on any atom is -0.481 e. The van der Waals surface area contributed by atoms with Gasteiger partial charge in [0.05, 0.1) is 17.7 Å². The number of aromatic nitrogens is 2. The van der Waals surface area contributed by atoms with E-state index in [9.17, 15) is 14.7 Å². The molecule has 0 atom stereocenters. The van der Waals surface area contributed by atoms with Crippen LogP contribution in [0.25, 0.3) is 10.9 Å². The summed E-state index contributed by atoms with van der Waals surface area (Å²) in [7, 11) is 0. The van der Waals surface area contributed by atoms with Crippen LogP contribution < -0.4 is 11.5 Å². The summed E-state index contributed by atoms with van der Waals surface area (Å²) in [5.41, 5.74) is 1.92. The number of anilines is 1. The third-order valence-electron chi connectivity index (χ3n) is 6.12. The van der Waals surface area contributed by atoms with Gasteiger partial charge in [0.15, 0.2) is 5.13 Å². The molecule has 2 aliphatic rings. The second-order valence-electron chi connectivity index (χ2n) is 7.93. The van der Waals surface area contributed by atoms with E-state index in [4.69, 9.17) is 0 Å². The fourth-order valence-corrected chi connectivity index (χ4v) is 5.14. The Hall–Kier alpha value is -2.91. The molecule has 1 amide bonds. The molecule has 1 aliphatic carbocycles. The molecule has 0 radical (unpaired) electrons. The van der Waals surface area contributed by atoms with E-state index in [1.165, 1.54) is 11.3 Å². The first-order chi connectivity index (χ1) is 14.0. The molecule has 3 heterocycles. The Balaban J connectivity index is 0.00000218. The number of benzene rings is 1. The number of amides is 1. The largest absolute Gasteiger partial charge is 0.481 e. The lowest BCUT2D eigenvalue weighted by Crippen LogP contribution is -2.43. The Kier molecular flexibility index (Phi) is 5.25. The van der Waals surface area contributed by atoms with Crippen LogP contribution >= 0.6 is 11.3 Å². The van der Waals surface area contributed by atoms with Crippen LogP contribution in [-0.2, 0) is 17.8 Å². The van der Waals surface area contributed by atoms with Gasteiger partial charge in [-0.15, -0.1) is 0 Å². The third kappa shape index (κ3) is 3.44. The lowest BCUT2D eigenvalue weighted by molar-refractivity contribution is -0.153. The van der Waals surface area contributed by atoms with E-state index >= 15 is 0 Å². The number of aliphatic carboxylic acids is 1. The van der Waals surface area contributed by atoms with Gasteiger partial charge in [-0.2, -0.15) is 0 Å². The maximum atomic E-state index is 13.0. The molecule has 5 rings (SSSR count). The van der Waals surface area contributed by atoms with Crippen LogP contribution in [0.4, 0.5) is 5.13 Å². The van der Waals surface area contributed by atoms with Crippen molar-refractivity contribution >= 4 is 39.2 Å². The molecule has 1 aromatic carbocycles. The molecule has 0 bridgehead atoms. The Morgan fingerprint density at radius 2 is 2.10 bits per heavy atom. The standard InChI is InChI=1S/C21H22N4O3S.H3N/c26-18(16-10-13-4-1-2-5-14(13)23-16)25-9-6-15-17(11-25)29-20(24-15)22-12-21(19(27)28)7-3-8-21;/h1-2,4-5,10,23H,3,6-9,11-12H2,(H,22,24)(H,27,28);1H3/p+1. The summed E-state index contributed by atoms with van der Waals surface area (Å²) in [4.78, 5) is 35.3. The van der Waals surface area contributed by atoms with E-state index in [2.05, 4.69) is 15.3 Å². The minimum absolute atomic E-state index is 0. The normalized spacial score (nSPS) is 17.0. The van der Waals surface area contributed by atoms with Crippen molar-refractivity contribution in [3.8, 4) is 0 Å². The highest BCUT2D eigenvalue weighted by molar-refractivity contribution is 7.15. The average molecular weight is 429 g/mol. The van der Waals surface area contributed by atoms with Crippen molar-refractivity contribution in [3.63, 3.8) is 0 Å². The number of hydrogen-bond acceptors (Lipinski definition) is 5. The van der Waals surface area contributed by atoms with Crippen molar-refractivity contribution < 1.29 is 14.7 Å². The van der Waals surface area contributed by atoms with Crippen LogP contribution in [0.1, 0.15) is 40.3 Å². The van der Waals surface area contributed by atoms with Gasteiger partial charge in [-0.1, -0.05) is 36.0 Å². The maximum absolute atomic E-state index is 13.0. The lowest BCUT2D eigenvalue weighted by atomic mass is 9.69. The first-order valence-electron chi connectivity index (χ1n) is 9.87. The lowest BCUT2D eigenvalue weighted by Gasteiger charge is -2.37. The highest BCUT2D eigenvalue weighted by Gasteiger charge is 2.44. The number of hydrogen-bond donors (Lipinski definition) is 4. The number of rotatable bonds is 5. The second kappa shape index (κ2) is 7.73. The molecular weight excluding hydrogens is 402 g/mol. The number of para-hydroxylation sites is 1. The van der Waals surface area contributed by atoms with E-state index in [-0.39, 0.29) is 12.1 Å². The Labute approximate surface area is 177 Å². The van der Waals surface area contributed by atoms with Crippen molar-refractivity contribution in [1.82, 2.24) is 21.0 Å². The number of nitrogens with zero attached hydrogens (tertiary/aromatic N) is 2. The highest BCUT2D eigenvalue weighted by Crippen LogP contribution is 2.41. The number of carboxylic acids is 1. The molecule has 0 unspecified atom stereocenters. The fraction of sp³-hybridized carbons (Fsp3) is 0.381. The quantitative estimate of drug-likeness (QED) is 0.489. The molecular formula is C21H26N5O3S+. The first kappa shape index (κ1) is 20.4. The third-order valence-corrected chi connectivity index (χ3v) is 7.16. The molecule has 0 saturated heterocycles. The van der Waals surface area contributed by atoms with Crippen LogP contribution in [0, 0.1) is 5.41 Å². The zero-order valence-electron chi connectivity index (χ0n) is 16.9. The highest BCUT2D eigenvalue weighted by atomic mass is 32.1.